The van der Waals surface area contributed by atoms with Crippen LogP contribution >= 0.6 is 11.6 Å². The highest BCUT2D eigenvalue weighted by Gasteiger charge is 2.21. The van der Waals surface area contributed by atoms with Crippen LogP contribution < -0.4 is 0 Å². The molecule has 0 saturated carbocycles. The first-order chi connectivity index (χ1) is 8.63. The first-order valence-corrected chi connectivity index (χ1v) is 6.83. The molecule has 0 aliphatic carbocycles. The summed E-state index contributed by atoms with van der Waals surface area (Å²) in [6.07, 6.45) is 1.83. The number of rotatable bonds is 6. The zero-order valence-electron chi connectivity index (χ0n) is 10.9. The number of hydrogen-bond donors (Lipinski definition) is 1. The second kappa shape index (κ2) is 7.27. The lowest BCUT2D eigenvalue weighted by Crippen LogP contribution is -2.41. The zero-order valence-corrected chi connectivity index (χ0v) is 11.7. The van der Waals surface area contributed by atoms with Crippen molar-refractivity contribution in [1.82, 2.24) is 4.90 Å². The summed E-state index contributed by atoms with van der Waals surface area (Å²) >= 11 is 5.78. The van der Waals surface area contributed by atoms with Gasteiger partial charge in [0.15, 0.2) is 0 Å². The van der Waals surface area contributed by atoms with Gasteiger partial charge in [0.1, 0.15) is 5.75 Å². The van der Waals surface area contributed by atoms with E-state index in [4.69, 9.17) is 11.6 Å². The highest BCUT2D eigenvalue weighted by Crippen LogP contribution is 2.16. The molecule has 1 amide bonds. The summed E-state index contributed by atoms with van der Waals surface area (Å²) in [6.45, 7) is 4.69. The van der Waals surface area contributed by atoms with Crippen molar-refractivity contribution in [3.05, 3.63) is 29.8 Å². The Morgan fingerprint density at radius 3 is 2.28 bits per heavy atom. The van der Waals surface area contributed by atoms with Crippen molar-refractivity contribution in [2.24, 2.45) is 0 Å². The van der Waals surface area contributed by atoms with Gasteiger partial charge in [0.25, 0.3) is 5.91 Å². The van der Waals surface area contributed by atoms with Gasteiger partial charge in [0.2, 0.25) is 0 Å². The van der Waals surface area contributed by atoms with Crippen molar-refractivity contribution in [2.75, 3.05) is 12.4 Å². The minimum Gasteiger partial charge on any atom is -0.508 e. The van der Waals surface area contributed by atoms with Gasteiger partial charge in [0, 0.05) is 24.0 Å². The average molecular weight is 270 g/mol. The summed E-state index contributed by atoms with van der Waals surface area (Å²) in [6, 6.07) is 6.55. The number of amides is 1. The van der Waals surface area contributed by atoms with E-state index in [1.165, 1.54) is 12.1 Å². The normalized spacial score (nSPS) is 10.7. The smallest absolute Gasteiger partial charge is 0.254 e. The molecule has 0 radical (unpaired) electrons. The van der Waals surface area contributed by atoms with Crippen LogP contribution in [0.15, 0.2) is 24.3 Å². The van der Waals surface area contributed by atoms with Crippen molar-refractivity contribution in [2.45, 2.75) is 32.7 Å². The van der Waals surface area contributed by atoms with Gasteiger partial charge in [-0.1, -0.05) is 13.8 Å². The molecule has 0 aliphatic heterocycles. The molecule has 0 atom stereocenters. The number of phenolic OH excluding ortho intramolecular Hbond substituents is 1. The molecule has 0 saturated heterocycles. The Hall–Kier alpha value is -1.22. The highest BCUT2D eigenvalue weighted by molar-refractivity contribution is 6.18. The molecule has 1 aromatic rings. The van der Waals surface area contributed by atoms with Gasteiger partial charge >= 0.3 is 0 Å². The van der Waals surface area contributed by atoms with Crippen molar-refractivity contribution in [3.63, 3.8) is 0 Å². The number of nitrogens with zero attached hydrogens (tertiary/aromatic N) is 1. The number of benzene rings is 1. The summed E-state index contributed by atoms with van der Waals surface area (Å²) in [4.78, 5) is 14.2. The fraction of sp³-hybridized carbons (Fsp3) is 0.500. The number of alkyl halides is 1. The number of carbonyl (C=O) groups is 1. The fourth-order valence-corrected chi connectivity index (χ4v) is 2.22. The Kier molecular flexibility index (Phi) is 5.99. The van der Waals surface area contributed by atoms with E-state index in [0.29, 0.717) is 18.0 Å². The molecular weight excluding hydrogens is 250 g/mol. The number of phenols is 1. The van der Waals surface area contributed by atoms with E-state index in [0.717, 1.165) is 12.8 Å². The number of carbonyl (C=O) groups excluding carboxylic acids is 1. The zero-order chi connectivity index (χ0) is 13.5. The van der Waals surface area contributed by atoms with Crippen LogP contribution in [0.5, 0.6) is 5.75 Å². The van der Waals surface area contributed by atoms with Crippen LogP contribution in [-0.2, 0) is 0 Å². The lowest BCUT2D eigenvalue weighted by Gasteiger charge is -2.30. The Morgan fingerprint density at radius 1 is 1.28 bits per heavy atom. The third kappa shape index (κ3) is 3.64. The third-order valence-corrected chi connectivity index (χ3v) is 3.25. The average Bonchev–Trinajstić information content (AvgIpc) is 2.39. The number of aromatic hydroxyl groups is 1. The largest absolute Gasteiger partial charge is 0.508 e. The van der Waals surface area contributed by atoms with E-state index in [1.807, 2.05) is 4.90 Å². The van der Waals surface area contributed by atoms with Crippen LogP contribution in [0.2, 0.25) is 0 Å². The molecule has 0 bridgehead atoms. The molecule has 1 aromatic carbocycles. The Balaban J connectivity index is 2.91. The summed E-state index contributed by atoms with van der Waals surface area (Å²) in [7, 11) is 0. The molecule has 18 heavy (non-hydrogen) atoms. The number of halogens is 1. The minimum atomic E-state index is -0.0237. The van der Waals surface area contributed by atoms with Crippen molar-refractivity contribution in [1.29, 1.82) is 0 Å². The van der Waals surface area contributed by atoms with Crippen molar-refractivity contribution in [3.8, 4) is 5.75 Å². The van der Waals surface area contributed by atoms with E-state index in [-0.39, 0.29) is 17.7 Å². The Morgan fingerprint density at radius 2 is 1.83 bits per heavy atom. The maximum Gasteiger partial charge on any atom is 0.254 e. The molecule has 0 aromatic heterocycles. The molecule has 1 N–H and O–H groups in total. The van der Waals surface area contributed by atoms with Crippen LogP contribution in [0.1, 0.15) is 37.0 Å². The van der Waals surface area contributed by atoms with Gasteiger partial charge in [-0.15, -0.1) is 11.6 Å². The first kappa shape index (κ1) is 14.8. The van der Waals surface area contributed by atoms with E-state index in [2.05, 4.69) is 13.8 Å². The Bertz CT molecular complexity index is 374. The molecule has 0 spiro atoms. The molecule has 1 rings (SSSR count). The van der Waals surface area contributed by atoms with Crippen molar-refractivity contribution >= 4 is 17.5 Å². The van der Waals surface area contributed by atoms with Crippen LogP contribution in [0.4, 0.5) is 0 Å². The van der Waals surface area contributed by atoms with Gasteiger partial charge in [-0.25, -0.2) is 0 Å². The third-order valence-electron chi connectivity index (χ3n) is 3.08. The molecule has 4 heteroatoms. The fourth-order valence-electron chi connectivity index (χ4n) is 2.04. The Labute approximate surface area is 113 Å². The van der Waals surface area contributed by atoms with Crippen LogP contribution in [0.3, 0.4) is 0 Å². The van der Waals surface area contributed by atoms with Crippen molar-refractivity contribution < 1.29 is 9.90 Å². The summed E-state index contributed by atoms with van der Waals surface area (Å²) in [5.74, 6) is 0.572. The summed E-state index contributed by atoms with van der Waals surface area (Å²) in [5.41, 5.74) is 0.588. The molecule has 100 valence electrons. The molecule has 0 unspecified atom stereocenters. The van der Waals surface area contributed by atoms with Gasteiger partial charge in [-0.3, -0.25) is 4.79 Å². The lowest BCUT2D eigenvalue weighted by atomic mass is 10.1. The molecule has 0 aliphatic rings. The second-order valence-corrected chi connectivity index (χ2v) is 4.58. The molecule has 0 heterocycles. The quantitative estimate of drug-likeness (QED) is 0.806. The standard InChI is InChI=1S/C14H20ClNO2/c1-3-12(4-2)16(10-9-15)14(18)11-5-7-13(17)8-6-11/h5-8,12,17H,3-4,9-10H2,1-2H3. The minimum absolute atomic E-state index is 0.0237. The summed E-state index contributed by atoms with van der Waals surface area (Å²) in [5, 5.41) is 9.24. The van der Waals surface area contributed by atoms with E-state index < -0.39 is 0 Å². The maximum absolute atomic E-state index is 12.4. The monoisotopic (exact) mass is 269 g/mol. The topological polar surface area (TPSA) is 40.5 Å². The first-order valence-electron chi connectivity index (χ1n) is 6.30. The maximum atomic E-state index is 12.4. The predicted octanol–water partition coefficient (Wildman–Crippen LogP) is 3.26. The predicted molar refractivity (Wildman–Crippen MR) is 74.2 cm³/mol. The van der Waals surface area contributed by atoms with E-state index in [1.54, 1.807) is 12.1 Å². The lowest BCUT2D eigenvalue weighted by molar-refractivity contribution is 0.0681. The van der Waals surface area contributed by atoms with E-state index >= 15 is 0 Å². The van der Waals surface area contributed by atoms with Crippen LogP contribution in [0, 0.1) is 0 Å². The highest BCUT2D eigenvalue weighted by atomic mass is 35.5. The van der Waals surface area contributed by atoms with Gasteiger partial charge in [-0.2, -0.15) is 0 Å². The van der Waals surface area contributed by atoms with Gasteiger partial charge in [0.05, 0.1) is 0 Å². The summed E-state index contributed by atoms with van der Waals surface area (Å²) < 4.78 is 0. The van der Waals surface area contributed by atoms with Crippen LogP contribution in [-0.4, -0.2) is 34.4 Å². The number of hydrogen-bond acceptors (Lipinski definition) is 2. The SMILES string of the molecule is CCC(CC)N(CCCl)C(=O)c1ccc(O)cc1. The molecule has 0 fully saturated rings. The van der Waals surface area contributed by atoms with Gasteiger partial charge < -0.3 is 10.0 Å². The second-order valence-electron chi connectivity index (χ2n) is 4.20. The van der Waals surface area contributed by atoms with Crippen LogP contribution in [0.25, 0.3) is 0 Å². The van der Waals surface area contributed by atoms with E-state index in [9.17, 15) is 9.90 Å². The molecule has 3 nitrogen and oxygen atoms in total. The van der Waals surface area contributed by atoms with Gasteiger partial charge in [-0.05, 0) is 37.1 Å². The molecular formula is C14H20ClNO2.